The van der Waals surface area contributed by atoms with Gasteiger partial charge in [-0.25, -0.2) is 4.98 Å². The SMILES string of the molecule is CN1CCc2c(c(N3CCOCC3)nc3sc(C(=O)N4CCOCC4)c(N)c23)C1. The van der Waals surface area contributed by atoms with Gasteiger partial charge in [0.1, 0.15) is 15.5 Å². The van der Waals surface area contributed by atoms with E-state index in [4.69, 9.17) is 20.2 Å². The van der Waals surface area contributed by atoms with Gasteiger partial charge in [-0.15, -0.1) is 11.3 Å². The molecule has 5 heterocycles. The average Bonchev–Trinajstić information content (AvgIpc) is 3.10. The van der Waals surface area contributed by atoms with E-state index in [-0.39, 0.29) is 5.91 Å². The monoisotopic (exact) mass is 417 g/mol. The molecule has 0 saturated carbocycles. The Kier molecular flexibility index (Phi) is 5.07. The van der Waals surface area contributed by atoms with Crippen LogP contribution in [0.15, 0.2) is 0 Å². The summed E-state index contributed by atoms with van der Waals surface area (Å²) in [7, 11) is 2.14. The minimum atomic E-state index is 0.00315. The van der Waals surface area contributed by atoms with E-state index in [1.54, 1.807) is 0 Å². The molecule has 29 heavy (non-hydrogen) atoms. The van der Waals surface area contributed by atoms with Gasteiger partial charge in [-0.05, 0) is 19.0 Å². The van der Waals surface area contributed by atoms with Gasteiger partial charge in [-0.2, -0.15) is 0 Å². The number of aromatic nitrogens is 1. The Labute approximate surface area is 174 Å². The highest BCUT2D eigenvalue weighted by Crippen LogP contribution is 2.41. The molecule has 3 aliphatic heterocycles. The molecule has 9 heteroatoms. The van der Waals surface area contributed by atoms with Crippen molar-refractivity contribution in [2.45, 2.75) is 13.0 Å². The van der Waals surface area contributed by atoms with Crippen LogP contribution >= 0.6 is 11.3 Å². The quantitative estimate of drug-likeness (QED) is 0.785. The number of hydrogen-bond acceptors (Lipinski definition) is 8. The normalized spacial score (nSPS) is 20.9. The zero-order valence-corrected chi connectivity index (χ0v) is 17.6. The maximum atomic E-state index is 13.1. The van der Waals surface area contributed by atoms with E-state index in [2.05, 4.69) is 16.8 Å². The molecule has 0 aromatic carbocycles. The smallest absolute Gasteiger partial charge is 0.266 e. The number of likely N-dealkylation sites (N-methyl/N-ethyl adjacent to an activating group) is 1. The zero-order valence-electron chi connectivity index (χ0n) is 16.8. The maximum absolute atomic E-state index is 13.1. The lowest BCUT2D eigenvalue weighted by molar-refractivity contribution is 0.0307. The Hall–Kier alpha value is -1.94. The molecule has 3 aliphatic rings. The van der Waals surface area contributed by atoms with Crippen molar-refractivity contribution >= 4 is 39.0 Å². The molecule has 0 aliphatic carbocycles. The largest absolute Gasteiger partial charge is 0.397 e. The molecule has 2 N–H and O–H groups in total. The number of thiophene rings is 1. The summed E-state index contributed by atoms with van der Waals surface area (Å²) in [6.45, 7) is 7.35. The second-order valence-corrected chi connectivity index (χ2v) is 8.91. The number of ether oxygens (including phenoxy) is 2. The van der Waals surface area contributed by atoms with Crippen molar-refractivity contribution in [3.8, 4) is 0 Å². The molecule has 5 rings (SSSR count). The van der Waals surface area contributed by atoms with E-state index in [0.717, 1.165) is 61.8 Å². The Morgan fingerprint density at radius 3 is 2.45 bits per heavy atom. The van der Waals surface area contributed by atoms with Crippen LogP contribution < -0.4 is 10.6 Å². The topological polar surface area (TPSA) is 84.2 Å². The molecule has 8 nitrogen and oxygen atoms in total. The number of nitrogens with zero attached hydrogens (tertiary/aromatic N) is 4. The first-order valence-electron chi connectivity index (χ1n) is 10.3. The first kappa shape index (κ1) is 19.0. The highest BCUT2D eigenvalue weighted by molar-refractivity contribution is 7.21. The Balaban J connectivity index is 1.62. The van der Waals surface area contributed by atoms with Gasteiger partial charge in [0.15, 0.2) is 0 Å². The highest BCUT2D eigenvalue weighted by atomic mass is 32.1. The number of morpholine rings is 2. The van der Waals surface area contributed by atoms with Crippen LogP contribution in [0.3, 0.4) is 0 Å². The standard InChI is InChI=1S/C20H27N5O3S/c1-23-3-2-13-14(12-23)18(24-4-8-27-9-5-24)22-19-15(13)16(21)17(29-19)20(26)25-6-10-28-11-7-25/h2-12,21H2,1H3. The lowest BCUT2D eigenvalue weighted by Crippen LogP contribution is -2.40. The van der Waals surface area contributed by atoms with E-state index < -0.39 is 0 Å². The molecule has 2 aromatic heterocycles. The molecule has 0 atom stereocenters. The molecule has 2 aromatic rings. The average molecular weight is 418 g/mol. The van der Waals surface area contributed by atoms with Gasteiger partial charge < -0.3 is 29.9 Å². The first-order valence-corrected chi connectivity index (χ1v) is 11.1. The molecular formula is C20H27N5O3S. The minimum Gasteiger partial charge on any atom is -0.397 e. The fourth-order valence-electron chi connectivity index (χ4n) is 4.45. The van der Waals surface area contributed by atoms with Crippen LogP contribution in [0.2, 0.25) is 0 Å². The van der Waals surface area contributed by atoms with Crippen LogP contribution in [0.5, 0.6) is 0 Å². The maximum Gasteiger partial charge on any atom is 0.266 e. The first-order chi connectivity index (χ1) is 14.1. The summed E-state index contributed by atoms with van der Waals surface area (Å²) in [5.74, 6) is 1.04. The fourth-order valence-corrected chi connectivity index (χ4v) is 5.54. The fraction of sp³-hybridized carbons (Fsp3) is 0.600. The van der Waals surface area contributed by atoms with Gasteiger partial charge in [0.2, 0.25) is 0 Å². The predicted octanol–water partition coefficient (Wildman–Crippen LogP) is 1.18. The second-order valence-electron chi connectivity index (χ2n) is 7.91. The van der Waals surface area contributed by atoms with E-state index in [1.807, 2.05) is 4.90 Å². The minimum absolute atomic E-state index is 0.00315. The highest BCUT2D eigenvalue weighted by Gasteiger charge is 2.30. The molecule has 1 amide bonds. The van der Waals surface area contributed by atoms with Crippen molar-refractivity contribution in [2.75, 3.05) is 76.8 Å². The number of anilines is 2. The van der Waals surface area contributed by atoms with Crippen LogP contribution in [0, 0.1) is 0 Å². The number of amides is 1. The van der Waals surface area contributed by atoms with Gasteiger partial charge in [0.05, 0.1) is 32.1 Å². The van der Waals surface area contributed by atoms with Crippen molar-refractivity contribution in [1.82, 2.24) is 14.8 Å². The second kappa shape index (κ2) is 7.71. The van der Waals surface area contributed by atoms with E-state index in [0.29, 0.717) is 36.9 Å². The Morgan fingerprint density at radius 2 is 1.72 bits per heavy atom. The summed E-state index contributed by atoms with van der Waals surface area (Å²) in [5, 5.41) is 0.992. The number of nitrogen functional groups attached to an aromatic ring is 1. The van der Waals surface area contributed by atoms with Crippen molar-refractivity contribution in [3.63, 3.8) is 0 Å². The van der Waals surface area contributed by atoms with E-state index in [9.17, 15) is 4.79 Å². The van der Waals surface area contributed by atoms with Gasteiger partial charge in [0.25, 0.3) is 5.91 Å². The number of fused-ring (bicyclic) bond motifs is 3. The van der Waals surface area contributed by atoms with Crippen molar-refractivity contribution in [2.24, 2.45) is 0 Å². The number of pyridine rings is 1. The third kappa shape index (κ3) is 3.35. The van der Waals surface area contributed by atoms with Crippen LogP contribution in [-0.4, -0.2) is 86.9 Å². The van der Waals surface area contributed by atoms with E-state index in [1.165, 1.54) is 22.5 Å². The molecular weight excluding hydrogens is 390 g/mol. The lowest BCUT2D eigenvalue weighted by atomic mass is 9.96. The molecule has 2 saturated heterocycles. The molecule has 156 valence electrons. The van der Waals surface area contributed by atoms with Crippen molar-refractivity contribution in [1.29, 1.82) is 0 Å². The van der Waals surface area contributed by atoms with Crippen LogP contribution in [0.1, 0.15) is 20.8 Å². The number of carbonyl (C=O) groups is 1. The van der Waals surface area contributed by atoms with Crippen molar-refractivity contribution in [3.05, 3.63) is 16.0 Å². The van der Waals surface area contributed by atoms with Crippen LogP contribution in [-0.2, 0) is 22.4 Å². The zero-order chi connectivity index (χ0) is 20.0. The summed E-state index contributed by atoms with van der Waals surface area (Å²) in [4.78, 5) is 26.2. The number of carbonyl (C=O) groups excluding carboxylic acids is 1. The molecule has 0 radical (unpaired) electrons. The Bertz CT molecular complexity index is 934. The van der Waals surface area contributed by atoms with Crippen LogP contribution in [0.25, 0.3) is 10.2 Å². The third-order valence-corrected chi connectivity index (χ3v) is 7.13. The molecule has 2 fully saturated rings. The summed E-state index contributed by atoms with van der Waals surface area (Å²) in [6, 6.07) is 0. The number of nitrogens with two attached hydrogens (primary N) is 1. The van der Waals surface area contributed by atoms with Crippen LogP contribution in [0.4, 0.5) is 11.5 Å². The Morgan fingerprint density at radius 1 is 1.03 bits per heavy atom. The van der Waals surface area contributed by atoms with Gasteiger partial charge in [-0.1, -0.05) is 0 Å². The molecule has 0 unspecified atom stereocenters. The number of hydrogen-bond donors (Lipinski definition) is 1. The lowest BCUT2D eigenvalue weighted by Gasteiger charge is -2.34. The summed E-state index contributed by atoms with van der Waals surface area (Å²) in [6.07, 6.45) is 0.925. The molecule has 0 bridgehead atoms. The predicted molar refractivity (Wildman–Crippen MR) is 114 cm³/mol. The molecule has 0 spiro atoms. The van der Waals surface area contributed by atoms with E-state index >= 15 is 0 Å². The third-order valence-electron chi connectivity index (χ3n) is 6.04. The van der Waals surface area contributed by atoms with Gasteiger partial charge >= 0.3 is 0 Å². The summed E-state index contributed by atoms with van der Waals surface area (Å²) < 4.78 is 10.9. The summed E-state index contributed by atoms with van der Waals surface area (Å²) >= 11 is 1.44. The van der Waals surface area contributed by atoms with Crippen molar-refractivity contribution < 1.29 is 14.3 Å². The van der Waals surface area contributed by atoms with Gasteiger partial charge in [-0.3, -0.25) is 4.79 Å². The summed E-state index contributed by atoms with van der Waals surface area (Å²) in [5.41, 5.74) is 9.70. The number of rotatable bonds is 2. The van der Waals surface area contributed by atoms with Gasteiger partial charge in [0, 0.05) is 50.2 Å².